The first-order valence-corrected chi connectivity index (χ1v) is 21.7. The summed E-state index contributed by atoms with van der Waals surface area (Å²) in [5.41, 5.74) is 16.0. The molecule has 0 fully saturated rings. The molecule has 3 heterocycles. The summed E-state index contributed by atoms with van der Waals surface area (Å²) in [6.07, 6.45) is 0. The molecule has 13 rings (SSSR count). The molecule has 1 aliphatic heterocycles. The minimum Gasteiger partial charge on any atom is -0.310 e. The van der Waals surface area contributed by atoms with E-state index in [-0.39, 0.29) is 0 Å². The molecule has 11 aromatic rings. The van der Waals surface area contributed by atoms with Crippen molar-refractivity contribution in [2.24, 2.45) is 0 Å². The highest BCUT2D eigenvalue weighted by Crippen LogP contribution is 2.64. The van der Waals surface area contributed by atoms with Gasteiger partial charge in [-0.25, -0.2) is 19.9 Å². The fraction of sp³-hybridized carbons (Fsp3) is 0.0169. The van der Waals surface area contributed by atoms with E-state index in [0.717, 1.165) is 55.3 Å². The first kappa shape index (κ1) is 36.1. The van der Waals surface area contributed by atoms with Gasteiger partial charge in [-0.2, -0.15) is 0 Å². The van der Waals surface area contributed by atoms with Crippen molar-refractivity contribution in [3.05, 3.63) is 247 Å². The van der Waals surface area contributed by atoms with Crippen LogP contribution >= 0.6 is 0 Å². The average molecular weight is 816 g/mol. The summed E-state index contributed by atoms with van der Waals surface area (Å²) in [5, 5.41) is 3.30. The molecule has 64 heavy (non-hydrogen) atoms. The molecular formula is C59H37N5. The smallest absolute Gasteiger partial charge is 0.164 e. The molecule has 0 radical (unpaired) electrons. The van der Waals surface area contributed by atoms with Crippen molar-refractivity contribution in [1.29, 1.82) is 0 Å². The molecule has 0 atom stereocenters. The highest BCUT2D eigenvalue weighted by atomic mass is 15.2. The molecule has 1 aliphatic carbocycles. The molecule has 0 N–H and O–H groups in total. The van der Waals surface area contributed by atoms with Crippen molar-refractivity contribution in [2.45, 2.75) is 5.41 Å². The van der Waals surface area contributed by atoms with E-state index >= 15 is 0 Å². The molecule has 0 saturated carbocycles. The van der Waals surface area contributed by atoms with Gasteiger partial charge in [0.05, 0.1) is 28.0 Å². The summed E-state index contributed by atoms with van der Waals surface area (Å²) in [4.78, 5) is 23.2. The third kappa shape index (κ3) is 5.31. The molecular weight excluding hydrogens is 779 g/mol. The van der Waals surface area contributed by atoms with Crippen molar-refractivity contribution in [3.8, 4) is 56.5 Å². The number of nitrogens with zero attached hydrogens (tertiary/aromatic N) is 5. The van der Waals surface area contributed by atoms with E-state index in [0.29, 0.717) is 17.5 Å². The quantitative estimate of drug-likeness (QED) is 0.162. The lowest BCUT2D eigenvalue weighted by atomic mass is 9.64. The minimum atomic E-state index is -0.609. The Labute approximate surface area is 370 Å². The summed E-state index contributed by atoms with van der Waals surface area (Å²) in [5.74, 6) is 1.86. The van der Waals surface area contributed by atoms with Gasteiger partial charge in [-0.05, 0) is 75.8 Å². The van der Waals surface area contributed by atoms with Gasteiger partial charge in [-0.3, -0.25) is 0 Å². The van der Waals surface area contributed by atoms with Gasteiger partial charge in [0.1, 0.15) is 0 Å². The molecule has 5 nitrogen and oxygen atoms in total. The second-order valence-corrected chi connectivity index (χ2v) is 16.5. The summed E-state index contributed by atoms with van der Waals surface area (Å²) < 4.78 is 0. The summed E-state index contributed by atoms with van der Waals surface area (Å²) in [7, 11) is 0. The van der Waals surface area contributed by atoms with Crippen molar-refractivity contribution >= 4 is 38.7 Å². The topological polar surface area (TPSA) is 54.8 Å². The monoisotopic (exact) mass is 815 g/mol. The minimum absolute atomic E-state index is 0.607. The van der Waals surface area contributed by atoms with Gasteiger partial charge in [-0.1, -0.05) is 182 Å². The highest BCUT2D eigenvalue weighted by Gasteiger charge is 2.52. The van der Waals surface area contributed by atoms with Crippen LogP contribution < -0.4 is 4.90 Å². The van der Waals surface area contributed by atoms with Crippen LogP contribution in [0.1, 0.15) is 22.3 Å². The van der Waals surface area contributed by atoms with Crippen LogP contribution in [-0.4, -0.2) is 19.9 Å². The molecule has 5 heteroatoms. The van der Waals surface area contributed by atoms with E-state index in [4.69, 9.17) is 19.9 Å². The van der Waals surface area contributed by atoms with E-state index in [1.165, 1.54) is 44.8 Å². The van der Waals surface area contributed by atoms with Crippen molar-refractivity contribution in [2.75, 3.05) is 4.90 Å². The molecule has 2 aromatic heterocycles. The SMILES string of the molecule is c1ccc(-c2nc(-c3ccccc3)nc(-c3ccc4nc(-c5ccccc5)c5ccc6c(c5c4c3)-c3ccccc3C63c4ccccc4N(c4ccccc4)c4ccccc43)n2)cc1. The molecule has 0 bridgehead atoms. The standard InChI is InChI=1S/C59H37N5/c1-5-19-38(20-6-1)55-44-34-35-49-54(43-27-13-14-28-46(43)59(49)47-29-15-17-31-51(47)64(42-25-11-4-12-26-42)52-32-18-16-30-48(52)59)53(44)45-37-41(33-36-50(45)60-55)58-62-56(39-21-7-2-8-22-39)61-57(63-58)40-23-9-3-10-24-40/h1-37H. The van der Waals surface area contributed by atoms with Gasteiger partial charge in [0, 0.05) is 44.1 Å². The maximum Gasteiger partial charge on any atom is 0.164 e. The Kier molecular flexibility index (Phi) is 8.06. The molecule has 0 saturated heterocycles. The Morgan fingerprint density at radius 1 is 0.344 bits per heavy atom. The predicted molar refractivity (Wildman–Crippen MR) is 260 cm³/mol. The number of para-hydroxylation sites is 3. The first-order valence-electron chi connectivity index (χ1n) is 21.7. The zero-order valence-electron chi connectivity index (χ0n) is 34.6. The number of hydrogen-bond acceptors (Lipinski definition) is 5. The van der Waals surface area contributed by atoms with Crippen LogP contribution in [0.5, 0.6) is 0 Å². The van der Waals surface area contributed by atoms with E-state index in [9.17, 15) is 0 Å². The number of pyridine rings is 1. The third-order valence-corrected chi connectivity index (χ3v) is 13.1. The van der Waals surface area contributed by atoms with Crippen LogP contribution in [0.4, 0.5) is 17.1 Å². The van der Waals surface area contributed by atoms with Crippen molar-refractivity contribution in [1.82, 2.24) is 19.9 Å². The fourth-order valence-corrected chi connectivity index (χ4v) is 10.4. The van der Waals surface area contributed by atoms with Gasteiger partial charge < -0.3 is 4.90 Å². The second kappa shape index (κ2) is 14.3. The van der Waals surface area contributed by atoms with Gasteiger partial charge in [0.15, 0.2) is 17.5 Å². The van der Waals surface area contributed by atoms with Crippen LogP contribution in [0.25, 0.3) is 78.2 Å². The Balaban J connectivity index is 1.14. The number of hydrogen-bond donors (Lipinski definition) is 0. The lowest BCUT2D eigenvalue weighted by Crippen LogP contribution is -2.36. The van der Waals surface area contributed by atoms with Gasteiger partial charge >= 0.3 is 0 Å². The van der Waals surface area contributed by atoms with Crippen LogP contribution in [0.15, 0.2) is 224 Å². The normalized spacial score (nSPS) is 13.1. The molecule has 2 aliphatic rings. The average Bonchev–Trinajstić information content (AvgIpc) is 3.67. The number of benzene rings is 9. The summed E-state index contributed by atoms with van der Waals surface area (Å²) in [6.45, 7) is 0. The maximum absolute atomic E-state index is 5.48. The number of rotatable bonds is 5. The van der Waals surface area contributed by atoms with Crippen LogP contribution in [0.3, 0.4) is 0 Å². The zero-order valence-corrected chi connectivity index (χ0v) is 34.6. The Morgan fingerprint density at radius 2 is 0.844 bits per heavy atom. The third-order valence-electron chi connectivity index (χ3n) is 13.1. The largest absolute Gasteiger partial charge is 0.310 e. The van der Waals surface area contributed by atoms with Gasteiger partial charge in [0.2, 0.25) is 0 Å². The number of anilines is 3. The van der Waals surface area contributed by atoms with Crippen molar-refractivity contribution in [3.63, 3.8) is 0 Å². The van der Waals surface area contributed by atoms with E-state index < -0.39 is 5.41 Å². The predicted octanol–water partition coefficient (Wildman–Crippen LogP) is 14.4. The molecule has 298 valence electrons. The number of aromatic nitrogens is 4. The lowest BCUT2D eigenvalue weighted by molar-refractivity contribution is 0.753. The van der Waals surface area contributed by atoms with Gasteiger partial charge in [-0.15, -0.1) is 0 Å². The van der Waals surface area contributed by atoms with Crippen molar-refractivity contribution < 1.29 is 0 Å². The van der Waals surface area contributed by atoms with Crippen LogP contribution in [0.2, 0.25) is 0 Å². The fourth-order valence-electron chi connectivity index (χ4n) is 10.4. The molecule has 9 aromatic carbocycles. The van der Waals surface area contributed by atoms with E-state index in [2.05, 4.69) is 169 Å². The summed E-state index contributed by atoms with van der Waals surface area (Å²) >= 11 is 0. The first-order chi connectivity index (χ1) is 31.8. The highest BCUT2D eigenvalue weighted by molar-refractivity contribution is 6.20. The van der Waals surface area contributed by atoms with E-state index in [1.54, 1.807) is 0 Å². The van der Waals surface area contributed by atoms with Crippen LogP contribution in [0, 0.1) is 0 Å². The molecule has 1 spiro atoms. The second-order valence-electron chi connectivity index (χ2n) is 16.5. The molecule has 0 unspecified atom stereocenters. The maximum atomic E-state index is 5.48. The number of fused-ring (bicyclic) bond motifs is 13. The Morgan fingerprint density at radius 3 is 1.45 bits per heavy atom. The van der Waals surface area contributed by atoms with Gasteiger partial charge in [0.25, 0.3) is 0 Å². The van der Waals surface area contributed by atoms with Crippen LogP contribution in [-0.2, 0) is 5.41 Å². The lowest BCUT2D eigenvalue weighted by Gasteiger charge is -2.45. The molecule has 0 amide bonds. The Bertz CT molecular complexity index is 3500. The zero-order chi connectivity index (χ0) is 42.2. The Hall–Kier alpha value is -8.54. The summed E-state index contributed by atoms with van der Waals surface area (Å²) in [6, 6.07) is 79.9. The van der Waals surface area contributed by atoms with E-state index in [1.807, 2.05) is 60.7 Å².